The van der Waals surface area contributed by atoms with E-state index in [-0.39, 0.29) is 18.3 Å². The predicted octanol–water partition coefficient (Wildman–Crippen LogP) is 4.18. The molecule has 0 radical (unpaired) electrons. The Balaban J connectivity index is 1.75. The largest absolute Gasteiger partial charge is 0.338 e. The van der Waals surface area contributed by atoms with Gasteiger partial charge in [0, 0.05) is 27.3 Å². The Bertz CT molecular complexity index is 796. The Labute approximate surface area is 129 Å². The van der Waals surface area contributed by atoms with Crippen molar-refractivity contribution in [2.75, 3.05) is 5.32 Å². The van der Waals surface area contributed by atoms with E-state index < -0.39 is 0 Å². The Kier molecular flexibility index (Phi) is 3.75. The van der Waals surface area contributed by atoms with Crippen molar-refractivity contribution in [3.63, 3.8) is 0 Å². The van der Waals surface area contributed by atoms with E-state index in [9.17, 15) is 9.18 Å². The highest BCUT2D eigenvalue weighted by Crippen LogP contribution is 2.18. The maximum Gasteiger partial charge on any atom is 0.244 e. The van der Waals surface area contributed by atoms with E-state index in [2.05, 4.69) is 21.2 Å². The third-order valence-corrected chi connectivity index (χ3v) is 3.70. The van der Waals surface area contributed by atoms with Crippen LogP contribution in [0, 0.1) is 5.82 Å². The number of rotatable bonds is 3. The minimum atomic E-state index is -0.278. The third kappa shape index (κ3) is 3.13. The molecule has 1 amide bonds. The van der Waals surface area contributed by atoms with Gasteiger partial charge in [-0.15, -0.1) is 0 Å². The molecule has 0 aliphatic heterocycles. The first-order chi connectivity index (χ1) is 10.1. The molecule has 0 saturated heterocycles. The smallest absolute Gasteiger partial charge is 0.244 e. The van der Waals surface area contributed by atoms with Crippen LogP contribution < -0.4 is 5.32 Å². The zero-order valence-corrected chi connectivity index (χ0v) is 12.6. The fourth-order valence-electron chi connectivity index (χ4n) is 2.20. The first-order valence-corrected chi connectivity index (χ1v) is 7.21. The Morgan fingerprint density at radius 3 is 2.67 bits per heavy atom. The Morgan fingerprint density at radius 2 is 1.90 bits per heavy atom. The summed E-state index contributed by atoms with van der Waals surface area (Å²) in [5.74, 6) is -0.404. The van der Waals surface area contributed by atoms with Gasteiger partial charge in [-0.25, -0.2) is 4.39 Å². The van der Waals surface area contributed by atoms with Gasteiger partial charge in [-0.1, -0.05) is 15.9 Å². The SMILES string of the molecule is O=C(Cn1ccc2cc(F)ccc21)Nc1ccc(Br)cc1. The van der Waals surface area contributed by atoms with Crippen molar-refractivity contribution in [3.05, 3.63) is 65.0 Å². The molecule has 0 aliphatic rings. The van der Waals surface area contributed by atoms with Crippen molar-refractivity contribution in [3.8, 4) is 0 Å². The number of anilines is 1. The lowest BCUT2D eigenvalue weighted by Crippen LogP contribution is -2.18. The molecule has 0 atom stereocenters. The van der Waals surface area contributed by atoms with Gasteiger partial charge in [-0.2, -0.15) is 0 Å². The number of nitrogens with one attached hydrogen (secondary N) is 1. The van der Waals surface area contributed by atoms with Gasteiger partial charge in [0.05, 0.1) is 0 Å². The third-order valence-electron chi connectivity index (χ3n) is 3.17. The van der Waals surface area contributed by atoms with Crippen molar-refractivity contribution in [1.29, 1.82) is 0 Å². The molecule has 0 aliphatic carbocycles. The lowest BCUT2D eigenvalue weighted by Gasteiger charge is -2.07. The summed E-state index contributed by atoms with van der Waals surface area (Å²) in [6, 6.07) is 13.7. The maximum absolute atomic E-state index is 13.1. The fourth-order valence-corrected chi connectivity index (χ4v) is 2.46. The highest BCUT2D eigenvalue weighted by atomic mass is 79.9. The van der Waals surface area contributed by atoms with Crippen LogP contribution in [0.2, 0.25) is 0 Å². The van der Waals surface area contributed by atoms with Gasteiger partial charge >= 0.3 is 0 Å². The average molecular weight is 347 g/mol. The Morgan fingerprint density at radius 1 is 1.14 bits per heavy atom. The van der Waals surface area contributed by atoms with Gasteiger partial charge in [0.1, 0.15) is 12.4 Å². The second kappa shape index (κ2) is 5.69. The monoisotopic (exact) mass is 346 g/mol. The van der Waals surface area contributed by atoms with Crippen LogP contribution in [-0.4, -0.2) is 10.5 Å². The molecule has 2 aromatic carbocycles. The van der Waals surface area contributed by atoms with Crippen LogP contribution in [0.25, 0.3) is 10.9 Å². The van der Waals surface area contributed by atoms with E-state index in [0.29, 0.717) is 0 Å². The summed E-state index contributed by atoms with van der Waals surface area (Å²) in [5, 5.41) is 3.61. The van der Waals surface area contributed by atoms with Crippen molar-refractivity contribution >= 4 is 38.4 Å². The van der Waals surface area contributed by atoms with E-state index in [1.165, 1.54) is 12.1 Å². The lowest BCUT2D eigenvalue weighted by atomic mass is 10.2. The van der Waals surface area contributed by atoms with Crippen LogP contribution in [0.15, 0.2) is 59.2 Å². The molecule has 3 nitrogen and oxygen atoms in total. The van der Waals surface area contributed by atoms with Crippen molar-refractivity contribution in [2.45, 2.75) is 6.54 Å². The topological polar surface area (TPSA) is 34.0 Å². The summed E-state index contributed by atoms with van der Waals surface area (Å²) < 4.78 is 15.9. The summed E-state index contributed by atoms with van der Waals surface area (Å²) in [4.78, 5) is 12.1. The number of carbonyl (C=O) groups excluding carboxylic acids is 1. The van der Waals surface area contributed by atoms with Crippen molar-refractivity contribution in [1.82, 2.24) is 4.57 Å². The number of carbonyl (C=O) groups is 1. The van der Waals surface area contributed by atoms with Gasteiger partial charge in [-0.05, 0) is 48.5 Å². The number of fused-ring (bicyclic) bond motifs is 1. The molecule has 0 unspecified atom stereocenters. The van der Waals surface area contributed by atoms with Crippen LogP contribution >= 0.6 is 15.9 Å². The van der Waals surface area contributed by atoms with Gasteiger partial charge in [-0.3, -0.25) is 4.79 Å². The molecule has 5 heteroatoms. The van der Waals surface area contributed by atoms with Gasteiger partial charge in [0.2, 0.25) is 5.91 Å². The zero-order valence-electron chi connectivity index (χ0n) is 11.0. The minimum absolute atomic E-state index is 0.126. The summed E-state index contributed by atoms with van der Waals surface area (Å²) in [6.07, 6.45) is 1.78. The average Bonchev–Trinajstić information content (AvgIpc) is 2.83. The minimum Gasteiger partial charge on any atom is -0.338 e. The standard InChI is InChI=1S/C16H12BrFN2O/c17-12-1-4-14(5-2-12)19-16(21)10-20-8-7-11-9-13(18)3-6-15(11)20/h1-9H,10H2,(H,19,21). The van der Waals surface area contributed by atoms with Crippen molar-refractivity contribution < 1.29 is 9.18 Å². The molecule has 1 heterocycles. The number of nitrogens with zero attached hydrogens (tertiary/aromatic N) is 1. The van der Waals surface area contributed by atoms with Crippen LogP contribution in [0.1, 0.15) is 0 Å². The lowest BCUT2D eigenvalue weighted by molar-refractivity contribution is -0.116. The number of aromatic nitrogens is 1. The number of hydrogen-bond acceptors (Lipinski definition) is 1. The molecule has 1 aromatic heterocycles. The van der Waals surface area contributed by atoms with Gasteiger partial charge in [0.15, 0.2) is 0 Å². The highest BCUT2D eigenvalue weighted by Gasteiger charge is 2.07. The second-order valence-electron chi connectivity index (χ2n) is 4.70. The van der Waals surface area contributed by atoms with Crippen LogP contribution in [0.4, 0.5) is 10.1 Å². The quantitative estimate of drug-likeness (QED) is 0.758. The van der Waals surface area contributed by atoms with Crippen molar-refractivity contribution in [2.24, 2.45) is 0 Å². The predicted molar refractivity (Wildman–Crippen MR) is 84.7 cm³/mol. The molecule has 0 bridgehead atoms. The first kappa shape index (κ1) is 13.8. The number of hydrogen-bond donors (Lipinski definition) is 1. The summed E-state index contributed by atoms with van der Waals surface area (Å²) >= 11 is 3.35. The number of halogens is 2. The fraction of sp³-hybridized carbons (Fsp3) is 0.0625. The molecule has 106 valence electrons. The summed E-state index contributed by atoms with van der Waals surface area (Å²) in [5.41, 5.74) is 1.58. The molecule has 1 N–H and O–H groups in total. The summed E-state index contributed by atoms with van der Waals surface area (Å²) in [7, 11) is 0. The van der Waals surface area contributed by atoms with Crippen LogP contribution in [-0.2, 0) is 11.3 Å². The molecule has 3 rings (SSSR count). The van der Waals surface area contributed by atoms with Gasteiger partial charge < -0.3 is 9.88 Å². The zero-order chi connectivity index (χ0) is 14.8. The number of amides is 1. The Hall–Kier alpha value is -2.14. The van der Waals surface area contributed by atoms with E-state index in [4.69, 9.17) is 0 Å². The second-order valence-corrected chi connectivity index (χ2v) is 5.62. The first-order valence-electron chi connectivity index (χ1n) is 6.42. The molecular weight excluding hydrogens is 335 g/mol. The van der Waals surface area contributed by atoms with E-state index in [1.807, 2.05) is 24.3 Å². The molecule has 0 fully saturated rings. The molecule has 0 spiro atoms. The van der Waals surface area contributed by atoms with E-state index >= 15 is 0 Å². The molecule has 21 heavy (non-hydrogen) atoms. The van der Waals surface area contributed by atoms with E-state index in [0.717, 1.165) is 21.1 Å². The summed E-state index contributed by atoms with van der Waals surface area (Å²) in [6.45, 7) is 0.186. The maximum atomic E-state index is 13.1. The molecule has 0 saturated carbocycles. The van der Waals surface area contributed by atoms with Crippen LogP contribution in [0.3, 0.4) is 0 Å². The molecule has 3 aromatic rings. The normalized spacial score (nSPS) is 10.8. The molecular formula is C16H12BrFN2O. The highest BCUT2D eigenvalue weighted by molar-refractivity contribution is 9.10. The van der Waals surface area contributed by atoms with Gasteiger partial charge in [0.25, 0.3) is 0 Å². The van der Waals surface area contributed by atoms with E-state index in [1.54, 1.807) is 22.9 Å². The van der Waals surface area contributed by atoms with Crippen LogP contribution in [0.5, 0.6) is 0 Å². The number of benzene rings is 2.